The molecule has 0 radical (unpaired) electrons. The molecule has 10 nitrogen and oxygen atoms in total. The number of thioether (sulfide) groups is 1. The highest BCUT2D eigenvalue weighted by Crippen LogP contribution is 2.26. The van der Waals surface area contributed by atoms with E-state index in [2.05, 4.69) is 45.1 Å². The molecule has 2 saturated heterocycles. The fourth-order valence-electron chi connectivity index (χ4n) is 4.81. The molecule has 0 atom stereocenters. The number of ether oxygens (including phenoxy) is 2. The summed E-state index contributed by atoms with van der Waals surface area (Å²) in [6.07, 6.45) is 0.838. The number of furan rings is 1. The Kier molecular flexibility index (Phi) is 9.80. The van der Waals surface area contributed by atoms with Crippen molar-refractivity contribution < 1.29 is 18.7 Å². The Morgan fingerprint density at radius 2 is 1.75 bits per heavy atom. The first-order valence-electron chi connectivity index (χ1n) is 13.9. The Balaban J connectivity index is 1.13. The van der Waals surface area contributed by atoms with Crippen LogP contribution in [-0.2, 0) is 16.9 Å². The van der Waals surface area contributed by atoms with Gasteiger partial charge in [0.25, 0.3) is 5.91 Å². The summed E-state index contributed by atoms with van der Waals surface area (Å²) in [5.74, 6) is 3.25. The zero-order chi connectivity index (χ0) is 27.7. The number of aryl methyl sites for hydroxylation is 1. The lowest BCUT2D eigenvalue weighted by molar-refractivity contribution is 0.0382. The highest BCUT2D eigenvalue weighted by molar-refractivity contribution is 7.98. The summed E-state index contributed by atoms with van der Waals surface area (Å²) >= 11 is 1.53. The number of nitrogens with zero attached hydrogens (tertiary/aromatic N) is 5. The Labute approximate surface area is 240 Å². The molecule has 5 rings (SSSR count). The van der Waals surface area contributed by atoms with E-state index in [1.165, 1.54) is 17.4 Å². The third-order valence-electron chi connectivity index (χ3n) is 7.19. The molecule has 0 saturated carbocycles. The fraction of sp³-hybridized carbons (Fsp3) is 0.483. The van der Waals surface area contributed by atoms with E-state index >= 15 is 0 Å². The second kappa shape index (κ2) is 13.9. The van der Waals surface area contributed by atoms with Crippen LogP contribution in [0.15, 0.2) is 52.0 Å². The van der Waals surface area contributed by atoms with Gasteiger partial charge in [-0.25, -0.2) is 9.97 Å². The summed E-state index contributed by atoms with van der Waals surface area (Å²) < 4.78 is 16.5. The van der Waals surface area contributed by atoms with Crippen molar-refractivity contribution in [3.63, 3.8) is 0 Å². The molecule has 1 N–H and O–H groups in total. The molecule has 11 heteroatoms. The van der Waals surface area contributed by atoms with Crippen molar-refractivity contribution in [3.05, 3.63) is 59.7 Å². The first-order valence-corrected chi connectivity index (χ1v) is 14.9. The summed E-state index contributed by atoms with van der Waals surface area (Å²) in [5.41, 5.74) is 2.22. The van der Waals surface area contributed by atoms with E-state index in [9.17, 15) is 4.79 Å². The molecule has 0 bridgehead atoms. The number of nitrogens with one attached hydrogen (secondary N) is 1. The van der Waals surface area contributed by atoms with Gasteiger partial charge in [0.15, 0.2) is 10.9 Å². The van der Waals surface area contributed by atoms with Gasteiger partial charge in [0, 0.05) is 69.8 Å². The highest BCUT2D eigenvalue weighted by Gasteiger charge is 2.20. The predicted octanol–water partition coefficient (Wildman–Crippen LogP) is 3.32. The van der Waals surface area contributed by atoms with E-state index in [1.807, 2.05) is 18.2 Å². The number of anilines is 2. The monoisotopic (exact) mass is 566 g/mol. The molecule has 1 amide bonds. The molecule has 2 fully saturated rings. The van der Waals surface area contributed by atoms with Gasteiger partial charge < -0.3 is 29.0 Å². The zero-order valence-corrected chi connectivity index (χ0v) is 24.1. The van der Waals surface area contributed by atoms with Crippen LogP contribution in [0.3, 0.4) is 0 Å². The van der Waals surface area contributed by atoms with Crippen molar-refractivity contribution in [1.29, 1.82) is 0 Å². The van der Waals surface area contributed by atoms with Gasteiger partial charge in [-0.05, 0) is 42.8 Å². The van der Waals surface area contributed by atoms with Gasteiger partial charge in [0.2, 0.25) is 0 Å². The van der Waals surface area contributed by atoms with Crippen LogP contribution in [0.1, 0.15) is 28.9 Å². The Bertz CT molecular complexity index is 1240. The molecule has 2 aromatic heterocycles. The van der Waals surface area contributed by atoms with Crippen molar-refractivity contribution in [2.75, 3.05) is 82.5 Å². The normalized spacial score (nSPS) is 16.2. The minimum absolute atomic E-state index is 0.190. The Morgan fingerprint density at radius 3 is 2.48 bits per heavy atom. The fourth-order valence-corrected chi connectivity index (χ4v) is 5.57. The van der Waals surface area contributed by atoms with E-state index < -0.39 is 0 Å². The van der Waals surface area contributed by atoms with E-state index in [-0.39, 0.29) is 5.91 Å². The van der Waals surface area contributed by atoms with Gasteiger partial charge in [-0.15, -0.1) is 0 Å². The maximum absolute atomic E-state index is 12.5. The number of hydrogen-bond acceptors (Lipinski definition) is 10. The first kappa shape index (κ1) is 28.3. The summed E-state index contributed by atoms with van der Waals surface area (Å²) in [7, 11) is 1.69. The van der Waals surface area contributed by atoms with E-state index in [4.69, 9.17) is 23.9 Å². The molecule has 40 heavy (non-hydrogen) atoms. The molecule has 0 aliphatic carbocycles. The molecule has 4 heterocycles. The van der Waals surface area contributed by atoms with Gasteiger partial charge in [-0.3, -0.25) is 9.69 Å². The minimum atomic E-state index is -0.190. The SMILES string of the molecule is CCc1cc(N2CCN(c3ccc(OC)cc3)CC2)nc(SCc2ccc(C(=O)NCCN3CCOCC3)o2)n1. The second-order valence-corrected chi connectivity index (χ2v) is 10.7. The van der Waals surface area contributed by atoms with Crippen molar-refractivity contribution >= 4 is 29.2 Å². The quantitative estimate of drug-likeness (QED) is 0.275. The number of carbonyl (C=O) groups is 1. The standard InChI is InChI=1S/C29H38N6O4S/c1-3-22-20-27(35-14-12-34(13-15-35)23-4-6-24(37-2)7-5-23)32-29(31-22)40-21-25-8-9-26(39-25)28(36)30-10-11-33-16-18-38-19-17-33/h4-9,20H,3,10-19,21H2,1-2H3,(H,30,36). The van der Waals surface area contributed by atoms with Crippen molar-refractivity contribution in [2.45, 2.75) is 24.3 Å². The number of rotatable bonds is 11. The number of carbonyl (C=O) groups excluding carboxylic acids is 1. The average Bonchev–Trinajstić information content (AvgIpc) is 3.50. The third-order valence-corrected chi connectivity index (χ3v) is 8.06. The van der Waals surface area contributed by atoms with E-state index in [0.29, 0.717) is 18.1 Å². The molecule has 2 aliphatic heterocycles. The van der Waals surface area contributed by atoms with Crippen LogP contribution in [0, 0.1) is 0 Å². The molecule has 0 spiro atoms. The molecule has 3 aromatic rings. The van der Waals surface area contributed by atoms with Crippen LogP contribution in [0.4, 0.5) is 11.5 Å². The van der Waals surface area contributed by atoms with Crippen LogP contribution in [0.2, 0.25) is 0 Å². The molecule has 214 valence electrons. The maximum atomic E-state index is 12.5. The third kappa shape index (κ3) is 7.47. The van der Waals surface area contributed by atoms with Crippen LogP contribution in [-0.4, -0.2) is 93.5 Å². The van der Waals surface area contributed by atoms with Crippen LogP contribution in [0.25, 0.3) is 0 Å². The van der Waals surface area contributed by atoms with E-state index in [1.54, 1.807) is 13.2 Å². The topological polar surface area (TPSA) is 96.2 Å². The molecular weight excluding hydrogens is 528 g/mol. The molecule has 1 aromatic carbocycles. The van der Waals surface area contributed by atoms with Gasteiger partial charge in [0.1, 0.15) is 17.3 Å². The predicted molar refractivity (Wildman–Crippen MR) is 157 cm³/mol. The lowest BCUT2D eigenvalue weighted by Crippen LogP contribution is -2.46. The first-order chi connectivity index (χ1) is 19.6. The highest BCUT2D eigenvalue weighted by atomic mass is 32.2. The Morgan fingerprint density at radius 1 is 1.00 bits per heavy atom. The Hall–Kier alpha value is -3.28. The average molecular weight is 567 g/mol. The smallest absolute Gasteiger partial charge is 0.287 e. The maximum Gasteiger partial charge on any atom is 0.287 e. The largest absolute Gasteiger partial charge is 0.497 e. The number of benzene rings is 1. The number of morpholine rings is 1. The van der Waals surface area contributed by atoms with Crippen molar-refractivity contribution in [2.24, 2.45) is 0 Å². The number of methoxy groups -OCH3 is 1. The zero-order valence-electron chi connectivity index (χ0n) is 23.3. The summed E-state index contributed by atoms with van der Waals surface area (Å²) in [6, 6.07) is 13.9. The summed E-state index contributed by atoms with van der Waals surface area (Å²) in [5, 5.41) is 3.67. The summed E-state index contributed by atoms with van der Waals surface area (Å²) in [6.45, 7) is 10.4. The van der Waals surface area contributed by atoms with Gasteiger partial charge in [-0.1, -0.05) is 18.7 Å². The number of amides is 1. The van der Waals surface area contributed by atoms with Crippen LogP contribution < -0.4 is 19.9 Å². The summed E-state index contributed by atoms with van der Waals surface area (Å²) in [4.78, 5) is 29.1. The van der Waals surface area contributed by atoms with E-state index in [0.717, 1.165) is 93.6 Å². The minimum Gasteiger partial charge on any atom is -0.497 e. The van der Waals surface area contributed by atoms with Crippen LogP contribution in [0.5, 0.6) is 5.75 Å². The number of piperazine rings is 1. The van der Waals surface area contributed by atoms with Gasteiger partial charge in [-0.2, -0.15) is 0 Å². The lowest BCUT2D eigenvalue weighted by atomic mass is 10.2. The molecule has 0 unspecified atom stereocenters. The number of aromatic nitrogens is 2. The lowest BCUT2D eigenvalue weighted by Gasteiger charge is -2.37. The van der Waals surface area contributed by atoms with Crippen molar-refractivity contribution in [3.8, 4) is 5.75 Å². The number of hydrogen-bond donors (Lipinski definition) is 1. The van der Waals surface area contributed by atoms with Crippen LogP contribution >= 0.6 is 11.8 Å². The molecular formula is C29H38N6O4S. The van der Waals surface area contributed by atoms with Gasteiger partial charge >= 0.3 is 0 Å². The van der Waals surface area contributed by atoms with Gasteiger partial charge in [0.05, 0.1) is 26.1 Å². The van der Waals surface area contributed by atoms with Crippen molar-refractivity contribution in [1.82, 2.24) is 20.2 Å². The second-order valence-electron chi connectivity index (χ2n) is 9.79. The molecule has 2 aliphatic rings.